The van der Waals surface area contributed by atoms with Gasteiger partial charge < -0.3 is 0 Å². The predicted molar refractivity (Wildman–Crippen MR) is 55.1 cm³/mol. The number of nitrogens with zero attached hydrogens (tertiary/aromatic N) is 1. The van der Waals surface area contributed by atoms with Crippen LogP contribution in [0.5, 0.6) is 0 Å². The monoisotopic (exact) mass is 246 g/mol. The first-order valence-corrected chi connectivity index (χ1v) is 4.92. The van der Waals surface area contributed by atoms with Crippen molar-refractivity contribution in [3.63, 3.8) is 0 Å². The minimum atomic E-state index is -4.33. The van der Waals surface area contributed by atoms with Crippen LogP contribution in [0.25, 0.3) is 10.9 Å². The van der Waals surface area contributed by atoms with Crippen LogP contribution in [0.2, 0.25) is 5.02 Å². The lowest BCUT2D eigenvalue weighted by atomic mass is 10.1. The number of hydrogen-bond acceptors (Lipinski definition) is 0. The molecule has 1 heterocycles. The smallest absolute Gasteiger partial charge is 0.201 e. The fourth-order valence-corrected chi connectivity index (χ4v) is 1.77. The van der Waals surface area contributed by atoms with Crippen LogP contribution in [0.15, 0.2) is 30.5 Å². The Kier molecular flexibility index (Phi) is 2.54. The number of fused-ring (bicyclic) bond motifs is 1. The molecule has 0 bridgehead atoms. The standard InChI is InChI=1S/C11H8ClF3N/c1-16-5-4-9(12)8-3-2-7(6-10(8)16)11(13,14)15/h2-6H,1H3/q+1. The van der Waals surface area contributed by atoms with Gasteiger partial charge in [-0.3, -0.25) is 0 Å². The number of alkyl halides is 3. The van der Waals surface area contributed by atoms with E-state index in [4.69, 9.17) is 11.6 Å². The van der Waals surface area contributed by atoms with Gasteiger partial charge in [0, 0.05) is 12.1 Å². The molecule has 0 unspecified atom stereocenters. The molecule has 5 heteroatoms. The van der Waals surface area contributed by atoms with Crippen molar-refractivity contribution in [1.82, 2.24) is 0 Å². The van der Waals surface area contributed by atoms with Crippen LogP contribution in [0.4, 0.5) is 13.2 Å². The van der Waals surface area contributed by atoms with Crippen molar-refractivity contribution in [3.05, 3.63) is 41.0 Å². The van der Waals surface area contributed by atoms with Crippen molar-refractivity contribution >= 4 is 22.5 Å². The predicted octanol–water partition coefficient (Wildman–Crippen LogP) is 3.34. The minimum Gasteiger partial charge on any atom is -0.201 e. The van der Waals surface area contributed by atoms with Crippen molar-refractivity contribution in [2.24, 2.45) is 7.05 Å². The number of pyridine rings is 1. The third-order valence-electron chi connectivity index (χ3n) is 2.41. The summed E-state index contributed by atoms with van der Waals surface area (Å²) in [6, 6.07) is 5.17. The number of aromatic nitrogens is 1. The minimum absolute atomic E-state index is 0.446. The number of halogens is 4. The number of aryl methyl sites for hydroxylation is 1. The Labute approximate surface area is 95.1 Å². The van der Waals surface area contributed by atoms with E-state index in [2.05, 4.69) is 0 Å². The van der Waals surface area contributed by atoms with Gasteiger partial charge in [0.2, 0.25) is 5.52 Å². The van der Waals surface area contributed by atoms with Gasteiger partial charge in [-0.2, -0.15) is 13.2 Å². The van der Waals surface area contributed by atoms with Crippen molar-refractivity contribution < 1.29 is 17.7 Å². The molecule has 0 radical (unpaired) electrons. The largest absolute Gasteiger partial charge is 0.416 e. The van der Waals surface area contributed by atoms with Gasteiger partial charge in [0.05, 0.1) is 16.0 Å². The van der Waals surface area contributed by atoms with Crippen LogP contribution in [0.3, 0.4) is 0 Å². The first-order chi connectivity index (χ1) is 7.39. The maximum Gasteiger partial charge on any atom is 0.416 e. The first kappa shape index (κ1) is 11.2. The summed E-state index contributed by atoms with van der Waals surface area (Å²) < 4.78 is 39.1. The van der Waals surface area contributed by atoms with E-state index in [1.165, 1.54) is 6.07 Å². The Morgan fingerprint density at radius 3 is 2.50 bits per heavy atom. The SMILES string of the molecule is C[n+]1ccc(Cl)c2ccc(C(F)(F)F)cc21. The third-order valence-corrected chi connectivity index (χ3v) is 2.74. The molecule has 0 N–H and O–H groups in total. The molecule has 0 aliphatic rings. The normalized spacial score (nSPS) is 12.1. The van der Waals surface area contributed by atoms with Crippen molar-refractivity contribution in [1.29, 1.82) is 0 Å². The molecular formula is C11H8ClF3N+. The number of rotatable bonds is 0. The van der Waals surface area contributed by atoms with E-state index in [0.29, 0.717) is 15.9 Å². The molecule has 0 saturated carbocycles. The van der Waals surface area contributed by atoms with E-state index in [0.717, 1.165) is 12.1 Å². The summed E-state index contributed by atoms with van der Waals surface area (Å²) in [6.45, 7) is 0. The second-order valence-electron chi connectivity index (χ2n) is 3.50. The molecule has 2 aromatic rings. The molecule has 0 aliphatic heterocycles. The maximum absolute atomic E-state index is 12.5. The summed E-state index contributed by atoms with van der Waals surface area (Å²) in [5, 5.41) is 1.06. The Bertz CT molecular complexity index is 549. The Balaban J connectivity index is 2.76. The van der Waals surface area contributed by atoms with Crippen LogP contribution in [-0.4, -0.2) is 0 Å². The summed E-state index contributed by atoms with van der Waals surface area (Å²) in [6.07, 6.45) is -2.70. The fourth-order valence-electron chi connectivity index (χ4n) is 1.55. The number of hydrogen-bond donors (Lipinski definition) is 0. The molecular weight excluding hydrogens is 239 g/mol. The summed E-state index contributed by atoms with van der Waals surface area (Å²) in [5.41, 5.74) is -0.208. The van der Waals surface area contributed by atoms with Gasteiger partial charge >= 0.3 is 6.18 Å². The molecule has 1 nitrogen and oxygen atoms in total. The van der Waals surface area contributed by atoms with Crippen LogP contribution in [0.1, 0.15) is 5.56 Å². The molecule has 2 rings (SSSR count). The summed E-state index contributed by atoms with van der Waals surface area (Å²) in [4.78, 5) is 0. The highest BCUT2D eigenvalue weighted by Gasteiger charge is 2.31. The third kappa shape index (κ3) is 1.85. The topological polar surface area (TPSA) is 3.88 Å². The lowest BCUT2D eigenvalue weighted by Crippen LogP contribution is -2.28. The van der Waals surface area contributed by atoms with Crippen molar-refractivity contribution in [2.45, 2.75) is 6.18 Å². The molecule has 0 atom stereocenters. The van der Waals surface area contributed by atoms with Gasteiger partial charge in [-0.05, 0) is 12.1 Å². The molecule has 0 saturated heterocycles. The molecule has 84 valence electrons. The average Bonchev–Trinajstić information content (AvgIpc) is 2.22. The molecule has 0 aliphatic carbocycles. The quantitative estimate of drug-likeness (QED) is 0.628. The van der Waals surface area contributed by atoms with E-state index >= 15 is 0 Å². The van der Waals surface area contributed by atoms with E-state index in [-0.39, 0.29) is 0 Å². The van der Waals surface area contributed by atoms with Crippen molar-refractivity contribution in [2.75, 3.05) is 0 Å². The molecule has 1 aromatic heterocycles. The van der Waals surface area contributed by atoms with Gasteiger partial charge in [-0.25, -0.2) is 4.57 Å². The zero-order valence-corrected chi connectivity index (χ0v) is 9.10. The van der Waals surface area contributed by atoms with Crippen LogP contribution in [0, 0.1) is 0 Å². The van der Waals surface area contributed by atoms with E-state index in [1.54, 1.807) is 23.9 Å². The zero-order chi connectivity index (χ0) is 11.9. The summed E-state index contributed by atoms with van der Waals surface area (Å²) >= 11 is 5.90. The van der Waals surface area contributed by atoms with E-state index < -0.39 is 11.7 Å². The molecule has 0 fully saturated rings. The molecule has 0 spiro atoms. The van der Waals surface area contributed by atoms with Crippen LogP contribution in [-0.2, 0) is 13.2 Å². The highest BCUT2D eigenvalue weighted by Crippen LogP contribution is 2.31. The van der Waals surface area contributed by atoms with Gasteiger partial charge in [-0.1, -0.05) is 11.6 Å². The lowest BCUT2D eigenvalue weighted by Gasteiger charge is -2.06. The van der Waals surface area contributed by atoms with Gasteiger partial charge in [-0.15, -0.1) is 0 Å². The van der Waals surface area contributed by atoms with E-state index in [9.17, 15) is 13.2 Å². The molecule has 0 amide bonds. The van der Waals surface area contributed by atoms with E-state index in [1.807, 2.05) is 0 Å². The summed E-state index contributed by atoms with van der Waals surface area (Å²) in [5.74, 6) is 0. The summed E-state index contributed by atoms with van der Waals surface area (Å²) in [7, 11) is 1.68. The fraction of sp³-hybridized carbons (Fsp3) is 0.182. The molecule has 1 aromatic carbocycles. The van der Waals surface area contributed by atoms with Gasteiger partial charge in [0.15, 0.2) is 6.20 Å². The first-order valence-electron chi connectivity index (χ1n) is 4.54. The zero-order valence-electron chi connectivity index (χ0n) is 8.35. The Hall–Kier alpha value is -1.29. The lowest BCUT2D eigenvalue weighted by molar-refractivity contribution is -0.644. The highest BCUT2D eigenvalue weighted by atomic mass is 35.5. The average molecular weight is 247 g/mol. The van der Waals surface area contributed by atoms with Gasteiger partial charge in [0.1, 0.15) is 7.05 Å². The van der Waals surface area contributed by atoms with Gasteiger partial charge in [0.25, 0.3) is 0 Å². The second-order valence-corrected chi connectivity index (χ2v) is 3.91. The highest BCUT2D eigenvalue weighted by molar-refractivity contribution is 6.35. The van der Waals surface area contributed by atoms with Crippen LogP contribution < -0.4 is 4.57 Å². The second kappa shape index (κ2) is 3.63. The Morgan fingerprint density at radius 2 is 1.88 bits per heavy atom. The maximum atomic E-state index is 12.5. The van der Waals surface area contributed by atoms with Crippen LogP contribution >= 0.6 is 11.6 Å². The number of benzene rings is 1. The Morgan fingerprint density at radius 1 is 1.19 bits per heavy atom. The van der Waals surface area contributed by atoms with Crippen molar-refractivity contribution in [3.8, 4) is 0 Å². The molecule has 16 heavy (non-hydrogen) atoms.